The van der Waals surface area contributed by atoms with E-state index in [2.05, 4.69) is 6.58 Å². The highest BCUT2D eigenvalue weighted by atomic mass is 16.8. The molecular formula is C25H33NO12. The van der Waals surface area contributed by atoms with E-state index in [9.17, 15) is 40.2 Å². The summed E-state index contributed by atoms with van der Waals surface area (Å²) in [5.74, 6) is -3.58. The molecule has 3 aliphatic heterocycles. The number of quaternary nitrogens is 1. The Morgan fingerprint density at radius 1 is 1.21 bits per heavy atom. The number of allylic oxidation sites excluding steroid dienone is 1. The number of carbonyl (C=O) groups is 2. The Kier molecular flexibility index (Phi) is 10.4. The highest BCUT2D eigenvalue weighted by Crippen LogP contribution is 2.36. The lowest BCUT2D eigenvalue weighted by molar-refractivity contribution is -0.843. The predicted octanol–water partition coefficient (Wildman–Crippen LogP) is -4.36. The first-order chi connectivity index (χ1) is 18.1. The molecule has 3 heterocycles. The zero-order valence-electron chi connectivity index (χ0n) is 20.7. The molecular weight excluding hydrogens is 506 g/mol. The molecule has 3 aliphatic rings. The minimum Gasteiger partial charge on any atom is -0.545 e. The third kappa shape index (κ3) is 6.57. The number of esters is 1. The van der Waals surface area contributed by atoms with Crippen molar-refractivity contribution in [2.24, 2.45) is 11.8 Å². The van der Waals surface area contributed by atoms with E-state index in [4.69, 9.17) is 18.9 Å². The number of carbonyl (C=O) groups excluding carboxylic acids is 2. The van der Waals surface area contributed by atoms with Crippen LogP contribution in [0.25, 0.3) is 0 Å². The van der Waals surface area contributed by atoms with Crippen LogP contribution in [0.15, 0.2) is 60.1 Å². The molecule has 0 aromatic heterocycles. The van der Waals surface area contributed by atoms with Crippen LogP contribution in [0.3, 0.4) is 0 Å². The number of methoxy groups -OCH3 is 1. The van der Waals surface area contributed by atoms with Crippen LogP contribution in [-0.2, 0) is 28.5 Å². The molecule has 0 saturated carbocycles. The molecule has 1 saturated heterocycles. The van der Waals surface area contributed by atoms with Crippen molar-refractivity contribution >= 4 is 11.9 Å². The summed E-state index contributed by atoms with van der Waals surface area (Å²) in [6.45, 7) is 3.62. The van der Waals surface area contributed by atoms with Gasteiger partial charge in [0.2, 0.25) is 6.29 Å². The van der Waals surface area contributed by atoms with Crippen LogP contribution in [0.5, 0.6) is 0 Å². The van der Waals surface area contributed by atoms with Gasteiger partial charge in [0.15, 0.2) is 6.29 Å². The lowest BCUT2D eigenvalue weighted by Crippen LogP contribution is -3.08. The molecule has 0 spiro atoms. The number of ether oxygens (including phenoxy) is 4. The van der Waals surface area contributed by atoms with E-state index in [1.165, 1.54) is 25.5 Å². The molecule has 1 fully saturated rings. The van der Waals surface area contributed by atoms with Gasteiger partial charge in [0.05, 0.1) is 49.6 Å². The van der Waals surface area contributed by atoms with Crippen molar-refractivity contribution in [3.8, 4) is 0 Å². The minimum absolute atomic E-state index is 0.0563. The van der Waals surface area contributed by atoms with Gasteiger partial charge in [0.25, 0.3) is 0 Å². The molecule has 0 radical (unpaired) electrons. The number of carboxylic acids is 1. The number of hydrogen-bond acceptors (Lipinski definition) is 12. The van der Waals surface area contributed by atoms with Crippen molar-refractivity contribution < 1.29 is 64.1 Å². The van der Waals surface area contributed by atoms with Crippen LogP contribution in [0.2, 0.25) is 0 Å². The van der Waals surface area contributed by atoms with Crippen LogP contribution in [0.4, 0.5) is 0 Å². The second kappa shape index (κ2) is 13.3. The fraction of sp³-hybridized carbons (Fsp3) is 0.520. The van der Waals surface area contributed by atoms with E-state index >= 15 is 0 Å². The lowest BCUT2D eigenvalue weighted by Gasteiger charge is -2.42. The van der Waals surface area contributed by atoms with Gasteiger partial charge in [-0.3, -0.25) is 0 Å². The molecule has 210 valence electrons. The highest BCUT2D eigenvalue weighted by Gasteiger charge is 2.47. The average molecular weight is 540 g/mol. The summed E-state index contributed by atoms with van der Waals surface area (Å²) in [6, 6.07) is 0. The van der Waals surface area contributed by atoms with Crippen molar-refractivity contribution in [1.29, 1.82) is 0 Å². The molecule has 0 aromatic rings. The molecule has 38 heavy (non-hydrogen) atoms. The summed E-state index contributed by atoms with van der Waals surface area (Å²) in [5.41, 5.74) is 0.633. The Balaban J connectivity index is 1.88. The van der Waals surface area contributed by atoms with E-state index in [0.29, 0.717) is 17.0 Å². The maximum absolute atomic E-state index is 12.5. The Morgan fingerprint density at radius 3 is 2.55 bits per heavy atom. The van der Waals surface area contributed by atoms with Gasteiger partial charge in [-0.2, -0.15) is 0 Å². The molecule has 0 aromatic carbocycles. The molecule has 1 unspecified atom stereocenters. The molecule has 13 heteroatoms. The topological polar surface area (TPSA) is 200 Å². The van der Waals surface area contributed by atoms with Crippen LogP contribution in [-0.4, -0.2) is 108 Å². The van der Waals surface area contributed by atoms with Gasteiger partial charge >= 0.3 is 5.97 Å². The van der Waals surface area contributed by atoms with Crippen LogP contribution in [0, 0.1) is 11.8 Å². The average Bonchev–Trinajstić information content (AvgIpc) is 2.91. The monoisotopic (exact) mass is 539 g/mol. The summed E-state index contributed by atoms with van der Waals surface area (Å²) < 4.78 is 21.6. The van der Waals surface area contributed by atoms with Gasteiger partial charge in [0.1, 0.15) is 43.7 Å². The summed E-state index contributed by atoms with van der Waals surface area (Å²) in [6.07, 6.45) is -0.0896. The third-order valence-electron chi connectivity index (χ3n) is 6.55. The molecule has 0 bridgehead atoms. The Labute approximate surface area is 218 Å². The fourth-order valence-corrected chi connectivity index (χ4v) is 4.49. The molecule has 9 atom stereocenters. The van der Waals surface area contributed by atoms with Gasteiger partial charge in [-0.1, -0.05) is 18.2 Å². The van der Waals surface area contributed by atoms with Crippen molar-refractivity contribution in [2.75, 3.05) is 33.4 Å². The second-order valence-corrected chi connectivity index (χ2v) is 9.02. The van der Waals surface area contributed by atoms with Crippen molar-refractivity contribution in [3.05, 3.63) is 60.1 Å². The summed E-state index contributed by atoms with van der Waals surface area (Å²) in [7, 11) is 1.19. The van der Waals surface area contributed by atoms with Gasteiger partial charge in [-0.05, 0) is 6.08 Å². The number of aliphatic hydroxyl groups excluding tert-OH is 5. The van der Waals surface area contributed by atoms with Gasteiger partial charge in [0, 0.05) is 11.5 Å². The fourth-order valence-electron chi connectivity index (χ4n) is 4.49. The normalized spacial score (nSPS) is 35.5. The Bertz CT molecular complexity index is 1000. The van der Waals surface area contributed by atoms with Gasteiger partial charge < -0.3 is 59.3 Å². The van der Waals surface area contributed by atoms with E-state index in [0.717, 1.165) is 6.26 Å². The first kappa shape index (κ1) is 29.7. The second-order valence-electron chi connectivity index (χ2n) is 9.02. The number of nitrogens with one attached hydrogen (secondary N) is 1. The minimum atomic E-state index is -1.68. The van der Waals surface area contributed by atoms with Crippen molar-refractivity contribution in [2.45, 2.75) is 37.0 Å². The van der Waals surface area contributed by atoms with Gasteiger partial charge in [-0.15, -0.1) is 6.58 Å². The number of aliphatic carboxylic acids is 1. The summed E-state index contributed by atoms with van der Waals surface area (Å²) in [5, 5.41) is 60.6. The maximum atomic E-state index is 12.5. The van der Waals surface area contributed by atoms with Crippen LogP contribution >= 0.6 is 0 Å². The first-order valence-electron chi connectivity index (χ1n) is 11.9. The molecule has 3 rings (SSSR count). The predicted molar refractivity (Wildman–Crippen MR) is 125 cm³/mol. The van der Waals surface area contributed by atoms with E-state index < -0.39 is 67.4 Å². The smallest absolute Gasteiger partial charge is 0.337 e. The maximum Gasteiger partial charge on any atom is 0.337 e. The summed E-state index contributed by atoms with van der Waals surface area (Å²) in [4.78, 5) is 24.7. The molecule has 6 N–H and O–H groups in total. The molecule has 0 amide bonds. The zero-order chi connectivity index (χ0) is 28.0. The third-order valence-corrected chi connectivity index (χ3v) is 6.55. The Hall–Kier alpha value is -2.88. The highest BCUT2D eigenvalue weighted by molar-refractivity contribution is 5.89. The number of hydrogen-bond donors (Lipinski definition) is 6. The zero-order valence-corrected chi connectivity index (χ0v) is 20.7. The number of rotatable bonds is 10. The number of aliphatic hydroxyl groups is 5. The lowest BCUT2D eigenvalue weighted by atomic mass is 9.83. The van der Waals surface area contributed by atoms with Crippen molar-refractivity contribution in [3.63, 3.8) is 0 Å². The number of carboxylic acid groups (broad SMARTS) is 1. The Morgan fingerprint density at radius 2 is 1.95 bits per heavy atom. The van der Waals surface area contributed by atoms with Gasteiger partial charge in [-0.25, -0.2) is 4.79 Å². The van der Waals surface area contributed by atoms with Crippen LogP contribution in [0.1, 0.15) is 0 Å². The molecule has 0 aliphatic carbocycles. The standard InChI is InChI=1S/C25H33NO12/c1-3-15-16(5-4-13-8-14(22(32)33)10-26(9-13)6-7-27)17(23(34)35-2)12-36-24(15)38-25-21(31)20(30)19(29)18(11-28)37-25/h3-5,8,10,12,15-16,18-21,24-25,27-31H,1,6-7,9,11H2,2H3,(H,32,33)/b5-4+/t15-,16+,18-,19-,20+,21-,24+,25+/m1/s1. The quantitative estimate of drug-likeness (QED) is 0.115. The van der Waals surface area contributed by atoms with Crippen LogP contribution < -0.4 is 10.0 Å². The van der Waals surface area contributed by atoms with Crippen molar-refractivity contribution in [1.82, 2.24) is 0 Å². The SMILES string of the molecule is C=C[C@H]1[C@H](O[C@@H]2O[C@H](CO)[C@@H](O)[C@H](O)[C@H]2O)OC=C(C(=O)OC)[C@H]1/C=C/C1=CC(C(=O)[O-])=C[NH+](CCO)C1. The molecule has 13 nitrogen and oxygen atoms in total. The van der Waals surface area contributed by atoms with E-state index in [1.807, 2.05) is 0 Å². The van der Waals surface area contributed by atoms with E-state index in [1.54, 1.807) is 12.2 Å². The van der Waals surface area contributed by atoms with E-state index in [-0.39, 0.29) is 24.3 Å². The first-order valence-corrected chi connectivity index (χ1v) is 11.9. The largest absolute Gasteiger partial charge is 0.545 e. The summed E-state index contributed by atoms with van der Waals surface area (Å²) >= 11 is 0.